The van der Waals surface area contributed by atoms with Crippen molar-refractivity contribution >= 4 is 16.7 Å². The summed E-state index contributed by atoms with van der Waals surface area (Å²) < 4.78 is 0. The van der Waals surface area contributed by atoms with E-state index < -0.39 is 6.10 Å². The van der Waals surface area contributed by atoms with Crippen LogP contribution >= 0.6 is 0 Å². The molecule has 4 nitrogen and oxygen atoms in total. The number of pyridine rings is 1. The van der Waals surface area contributed by atoms with Gasteiger partial charge in [0.25, 0.3) is 5.91 Å². The lowest BCUT2D eigenvalue weighted by Gasteiger charge is -2.36. The van der Waals surface area contributed by atoms with Gasteiger partial charge in [0.05, 0.1) is 11.7 Å². The number of aromatic nitrogens is 1. The van der Waals surface area contributed by atoms with Crippen LogP contribution in [-0.2, 0) is 0 Å². The Hall–Kier alpha value is -2.72. The van der Waals surface area contributed by atoms with E-state index in [1.165, 1.54) is 10.8 Å². The smallest absolute Gasteiger partial charge is 0.255 e. The molecule has 1 aliphatic rings. The van der Waals surface area contributed by atoms with Crippen molar-refractivity contribution in [3.05, 3.63) is 77.6 Å². The summed E-state index contributed by atoms with van der Waals surface area (Å²) in [5.74, 6) is -0.00324. The molecular weight excluding hydrogens is 324 g/mol. The van der Waals surface area contributed by atoms with Gasteiger partial charge in [-0.25, -0.2) is 0 Å². The third kappa shape index (κ3) is 3.20. The molecule has 1 amide bonds. The van der Waals surface area contributed by atoms with E-state index in [4.69, 9.17) is 0 Å². The zero-order valence-corrected chi connectivity index (χ0v) is 14.8. The van der Waals surface area contributed by atoms with Gasteiger partial charge in [0.1, 0.15) is 0 Å². The molecule has 4 rings (SSSR count). The molecule has 4 heteroatoms. The van der Waals surface area contributed by atoms with Gasteiger partial charge < -0.3 is 10.0 Å². The number of aryl methyl sites for hydroxylation is 1. The first-order valence-corrected chi connectivity index (χ1v) is 8.99. The number of hydrogen-bond donors (Lipinski definition) is 1. The number of amides is 1. The molecule has 0 bridgehead atoms. The highest BCUT2D eigenvalue weighted by Crippen LogP contribution is 2.31. The van der Waals surface area contributed by atoms with Gasteiger partial charge in [-0.1, -0.05) is 42.5 Å². The molecular formula is C22H22N2O2. The van der Waals surface area contributed by atoms with Crippen LogP contribution in [0.5, 0.6) is 0 Å². The lowest BCUT2D eigenvalue weighted by Crippen LogP contribution is -2.45. The highest BCUT2D eigenvalue weighted by atomic mass is 16.3. The van der Waals surface area contributed by atoms with E-state index in [-0.39, 0.29) is 11.8 Å². The summed E-state index contributed by atoms with van der Waals surface area (Å²) in [4.78, 5) is 18.5. The Morgan fingerprint density at radius 1 is 1.12 bits per heavy atom. The van der Waals surface area contributed by atoms with Crippen molar-refractivity contribution in [1.29, 1.82) is 0 Å². The van der Waals surface area contributed by atoms with Gasteiger partial charge in [-0.05, 0) is 41.3 Å². The van der Waals surface area contributed by atoms with Crippen LogP contribution in [0.15, 0.2) is 60.9 Å². The third-order valence-electron chi connectivity index (χ3n) is 5.19. The molecule has 2 atom stereocenters. The molecule has 0 aliphatic carbocycles. The quantitative estimate of drug-likeness (QED) is 0.772. The molecule has 0 unspecified atom stereocenters. The standard InChI is InChI=1S/C22H22N2O2/c1-15-10-19(13-23-12-15)22(26)24-9-8-20(21(25)14-24)18-7-6-16-4-2-3-5-17(16)11-18/h2-7,10-13,20-21,25H,8-9,14H2,1H3/t20-,21+/m0/s1. The fourth-order valence-corrected chi connectivity index (χ4v) is 3.80. The number of β-amino-alcohol motifs (C(OH)–C–C–N with tert-alkyl or cyclic N) is 1. The van der Waals surface area contributed by atoms with Gasteiger partial charge in [0.2, 0.25) is 0 Å². The number of aliphatic hydroxyl groups is 1. The molecule has 132 valence electrons. The van der Waals surface area contributed by atoms with Crippen LogP contribution in [0.3, 0.4) is 0 Å². The number of carbonyl (C=O) groups excluding carboxylic acids is 1. The van der Waals surface area contributed by atoms with Crippen LogP contribution in [0.1, 0.15) is 33.8 Å². The lowest BCUT2D eigenvalue weighted by molar-refractivity contribution is 0.0382. The molecule has 0 spiro atoms. The molecule has 2 aromatic carbocycles. The zero-order valence-electron chi connectivity index (χ0n) is 14.8. The zero-order chi connectivity index (χ0) is 18.1. The van der Waals surface area contributed by atoms with Gasteiger partial charge in [0.15, 0.2) is 0 Å². The molecule has 1 aliphatic heterocycles. The molecule has 1 aromatic heterocycles. The topological polar surface area (TPSA) is 53.4 Å². The maximum Gasteiger partial charge on any atom is 0.255 e. The first-order valence-electron chi connectivity index (χ1n) is 8.99. The predicted molar refractivity (Wildman–Crippen MR) is 102 cm³/mol. The molecule has 0 saturated carbocycles. The van der Waals surface area contributed by atoms with Crippen molar-refractivity contribution in [2.75, 3.05) is 13.1 Å². The van der Waals surface area contributed by atoms with Crippen molar-refractivity contribution in [3.8, 4) is 0 Å². The van der Waals surface area contributed by atoms with Crippen LogP contribution in [0.2, 0.25) is 0 Å². The minimum atomic E-state index is -0.563. The van der Waals surface area contributed by atoms with E-state index >= 15 is 0 Å². The Morgan fingerprint density at radius 2 is 1.92 bits per heavy atom. The van der Waals surface area contributed by atoms with Crippen LogP contribution in [0, 0.1) is 6.92 Å². The Balaban J connectivity index is 1.51. The first kappa shape index (κ1) is 16.7. The highest BCUT2D eigenvalue weighted by molar-refractivity contribution is 5.94. The van der Waals surface area contributed by atoms with Crippen LogP contribution in [0.25, 0.3) is 10.8 Å². The van der Waals surface area contributed by atoms with Gasteiger partial charge in [-0.3, -0.25) is 9.78 Å². The average molecular weight is 346 g/mol. The van der Waals surface area contributed by atoms with Crippen molar-refractivity contribution in [2.24, 2.45) is 0 Å². The summed E-state index contributed by atoms with van der Waals surface area (Å²) in [5, 5.41) is 13.1. The Bertz CT molecular complexity index is 954. The summed E-state index contributed by atoms with van der Waals surface area (Å²) in [6.45, 7) is 2.91. The Labute approximate surface area is 153 Å². The lowest BCUT2D eigenvalue weighted by atomic mass is 9.86. The van der Waals surface area contributed by atoms with Gasteiger partial charge >= 0.3 is 0 Å². The Morgan fingerprint density at radius 3 is 2.69 bits per heavy atom. The number of carbonyl (C=O) groups is 1. The van der Waals surface area contributed by atoms with Crippen molar-refractivity contribution in [3.63, 3.8) is 0 Å². The number of benzene rings is 2. The predicted octanol–water partition coefficient (Wildman–Crippen LogP) is 3.53. The fraction of sp³-hybridized carbons (Fsp3) is 0.273. The second-order valence-electron chi connectivity index (χ2n) is 7.07. The second kappa shape index (κ2) is 6.89. The number of hydrogen-bond acceptors (Lipinski definition) is 3. The summed E-state index contributed by atoms with van der Waals surface area (Å²) in [5.41, 5.74) is 2.68. The van der Waals surface area contributed by atoms with Crippen LogP contribution in [-0.4, -0.2) is 40.1 Å². The van der Waals surface area contributed by atoms with E-state index in [1.807, 2.05) is 25.1 Å². The number of nitrogens with zero attached hydrogens (tertiary/aromatic N) is 2. The van der Waals surface area contributed by atoms with E-state index in [1.54, 1.807) is 17.3 Å². The molecule has 2 heterocycles. The molecule has 1 fully saturated rings. The molecule has 0 radical (unpaired) electrons. The van der Waals surface area contributed by atoms with E-state index in [0.717, 1.165) is 17.5 Å². The van der Waals surface area contributed by atoms with E-state index in [2.05, 4.69) is 35.3 Å². The fourth-order valence-electron chi connectivity index (χ4n) is 3.80. The summed E-state index contributed by atoms with van der Waals surface area (Å²) in [6, 6.07) is 16.4. The maximum absolute atomic E-state index is 12.7. The Kier molecular flexibility index (Phi) is 4.43. The van der Waals surface area contributed by atoms with Crippen molar-refractivity contribution < 1.29 is 9.90 Å². The van der Waals surface area contributed by atoms with Crippen LogP contribution in [0.4, 0.5) is 0 Å². The summed E-state index contributed by atoms with van der Waals surface area (Å²) in [6.07, 6.45) is 3.52. The number of rotatable bonds is 2. The average Bonchev–Trinajstić information content (AvgIpc) is 2.67. The number of aliphatic hydroxyl groups excluding tert-OH is 1. The first-order chi connectivity index (χ1) is 12.6. The third-order valence-corrected chi connectivity index (χ3v) is 5.19. The second-order valence-corrected chi connectivity index (χ2v) is 7.07. The summed E-state index contributed by atoms with van der Waals surface area (Å²) in [7, 11) is 0. The normalized spacial score (nSPS) is 20.3. The maximum atomic E-state index is 12.7. The molecule has 26 heavy (non-hydrogen) atoms. The number of fused-ring (bicyclic) bond motifs is 1. The van der Waals surface area contributed by atoms with E-state index in [0.29, 0.717) is 18.7 Å². The van der Waals surface area contributed by atoms with Gasteiger partial charge in [0, 0.05) is 31.4 Å². The SMILES string of the molecule is Cc1cncc(C(=O)N2CC[C@@H](c3ccc4ccccc4c3)[C@H](O)C2)c1. The van der Waals surface area contributed by atoms with E-state index in [9.17, 15) is 9.90 Å². The number of likely N-dealkylation sites (tertiary alicyclic amines) is 1. The minimum absolute atomic E-state index is 0.0549. The van der Waals surface area contributed by atoms with Crippen LogP contribution < -0.4 is 0 Å². The number of piperidine rings is 1. The van der Waals surface area contributed by atoms with Gasteiger partial charge in [-0.15, -0.1) is 0 Å². The molecule has 1 saturated heterocycles. The highest BCUT2D eigenvalue weighted by Gasteiger charge is 2.31. The summed E-state index contributed by atoms with van der Waals surface area (Å²) >= 11 is 0. The molecule has 1 N–H and O–H groups in total. The monoisotopic (exact) mass is 346 g/mol. The van der Waals surface area contributed by atoms with Crippen molar-refractivity contribution in [1.82, 2.24) is 9.88 Å². The minimum Gasteiger partial charge on any atom is -0.391 e. The largest absolute Gasteiger partial charge is 0.391 e. The van der Waals surface area contributed by atoms with Crippen molar-refractivity contribution in [2.45, 2.75) is 25.4 Å². The van der Waals surface area contributed by atoms with Gasteiger partial charge in [-0.2, -0.15) is 0 Å². The molecule has 3 aromatic rings.